The lowest BCUT2D eigenvalue weighted by molar-refractivity contribution is -0.154. The fourth-order valence-electron chi connectivity index (χ4n) is 3.40. The first-order valence-electron chi connectivity index (χ1n) is 10.0. The van der Waals surface area contributed by atoms with Crippen LogP contribution in [0.1, 0.15) is 56.7 Å². The monoisotopic (exact) mass is 400 g/mol. The van der Waals surface area contributed by atoms with E-state index < -0.39 is 12.1 Å². The average molecular weight is 401 g/mol. The first-order valence-corrected chi connectivity index (χ1v) is 10.9. The second-order valence-electron chi connectivity index (χ2n) is 7.52. The van der Waals surface area contributed by atoms with Crippen molar-refractivity contribution in [3.63, 3.8) is 0 Å². The van der Waals surface area contributed by atoms with Gasteiger partial charge in [0.1, 0.15) is 5.01 Å². The van der Waals surface area contributed by atoms with Crippen LogP contribution in [0, 0.1) is 6.92 Å². The van der Waals surface area contributed by atoms with Crippen LogP contribution in [0.5, 0.6) is 0 Å². The summed E-state index contributed by atoms with van der Waals surface area (Å²) < 4.78 is 5.33. The maximum absolute atomic E-state index is 12.3. The molecule has 1 amide bonds. The van der Waals surface area contributed by atoms with E-state index >= 15 is 0 Å². The van der Waals surface area contributed by atoms with Crippen molar-refractivity contribution in [2.24, 2.45) is 0 Å². The van der Waals surface area contributed by atoms with Gasteiger partial charge in [-0.15, -0.1) is 11.3 Å². The minimum absolute atomic E-state index is 0.0728. The van der Waals surface area contributed by atoms with Gasteiger partial charge in [0.15, 0.2) is 6.10 Å². The number of ether oxygens (including phenoxy) is 1. The van der Waals surface area contributed by atoms with Crippen molar-refractivity contribution >= 4 is 23.2 Å². The number of esters is 1. The highest BCUT2D eigenvalue weighted by molar-refractivity contribution is 7.13. The molecule has 0 aliphatic heterocycles. The van der Waals surface area contributed by atoms with Gasteiger partial charge >= 0.3 is 5.97 Å². The predicted octanol–water partition coefficient (Wildman–Crippen LogP) is 4.43. The average Bonchev–Trinajstić information content (AvgIpc) is 2.97. The number of aromatic nitrogens is 1. The minimum Gasteiger partial charge on any atom is -0.452 e. The van der Waals surface area contributed by atoms with E-state index in [0.29, 0.717) is 5.69 Å². The van der Waals surface area contributed by atoms with Crippen molar-refractivity contribution in [3.05, 3.63) is 40.9 Å². The summed E-state index contributed by atoms with van der Waals surface area (Å²) in [7, 11) is 0. The predicted molar refractivity (Wildman–Crippen MR) is 111 cm³/mol. The fourth-order valence-corrected chi connectivity index (χ4v) is 4.23. The summed E-state index contributed by atoms with van der Waals surface area (Å²) in [6.07, 6.45) is 6.05. The normalized spacial score (nSPS) is 16.2. The smallest absolute Gasteiger partial charge is 0.312 e. The molecule has 1 aromatic heterocycles. The Labute approximate surface area is 170 Å². The molecular formula is C22H28N2O3S. The largest absolute Gasteiger partial charge is 0.452 e. The molecule has 1 heterocycles. The first-order chi connectivity index (χ1) is 13.5. The lowest BCUT2D eigenvalue weighted by Crippen LogP contribution is -2.42. The van der Waals surface area contributed by atoms with E-state index in [-0.39, 0.29) is 18.4 Å². The highest BCUT2D eigenvalue weighted by atomic mass is 32.1. The van der Waals surface area contributed by atoms with Gasteiger partial charge in [-0.3, -0.25) is 9.59 Å². The zero-order valence-corrected chi connectivity index (χ0v) is 17.4. The molecule has 150 valence electrons. The maximum Gasteiger partial charge on any atom is 0.312 e. The third-order valence-corrected chi connectivity index (χ3v) is 5.99. The molecule has 1 saturated carbocycles. The summed E-state index contributed by atoms with van der Waals surface area (Å²) in [5.41, 5.74) is 2.90. The number of nitrogens with zero attached hydrogens (tertiary/aromatic N) is 1. The molecule has 1 aliphatic rings. The summed E-state index contributed by atoms with van der Waals surface area (Å²) in [4.78, 5) is 29.1. The van der Waals surface area contributed by atoms with Gasteiger partial charge in [-0.2, -0.15) is 0 Å². The molecule has 1 fully saturated rings. The molecule has 1 atom stereocenters. The van der Waals surface area contributed by atoms with Crippen LogP contribution in [0.2, 0.25) is 0 Å². The van der Waals surface area contributed by atoms with Crippen molar-refractivity contribution in [2.45, 2.75) is 70.9 Å². The van der Waals surface area contributed by atoms with Gasteiger partial charge in [-0.25, -0.2) is 4.98 Å². The molecule has 0 saturated heterocycles. The number of benzene rings is 1. The Kier molecular flexibility index (Phi) is 7.20. The van der Waals surface area contributed by atoms with Gasteiger partial charge in [0, 0.05) is 17.0 Å². The van der Waals surface area contributed by atoms with Gasteiger partial charge in [-0.1, -0.05) is 55.5 Å². The first kappa shape index (κ1) is 20.5. The van der Waals surface area contributed by atoms with E-state index in [1.807, 2.05) is 36.6 Å². The fraction of sp³-hybridized carbons (Fsp3) is 0.500. The molecule has 0 radical (unpaired) electrons. The van der Waals surface area contributed by atoms with Crippen molar-refractivity contribution in [1.82, 2.24) is 10.3 Å². The highest BCUT2D eigenvalue weighted by Crippen LogP contribution is 2.24. The van der Waals surface area contributed by atoms with Crippen LogP contribution in [0.3, 0.4) is 0 Å². The standard InChI is InChI=1S/C22H28N2O3S/c1-15-9-11-17(12-10-15)22-24-19(14-28-22)13-20(25)27-16(2)21(26)23-18-7-5-3-4-6-8-18/h9-12,14,16,18H,3-8,13H2,1-2H3,(H,23,26)/t16-/m1/s1. The van der Waals surface area contributed by atoms with Crippen molar-refractivity contribution in [2.75, 3.05) is 0 Å². The number of amides is 1. The zero-order chi connectivity index (χ0) is 19.9. The molecule has 0 bridgehead atoms. The Morgan fingerprint density at radius 2 is 1.86 bits per heavy atom. The van der Waals surface area contributed by atoms with Crippen LogP contribution in [0.25, 0.3) is 10.6 Å². The van der Waals surface area contributed by atoms with E-state index in [1.165, 1.54) is 29.7 Å². The summed E-state index contributed by atoms with van der Waals surface area (Å²) in [6, 6.07) is 8.33. The molecule has 5 nitrogen and oxygen atoms in total. The van der Waals surface area contributed by atoms with E-state index in [9.17, 15) is 9.59 Å². The van der Waals surface area contributed by atoms with E-state index in [4.69, 9.17) is 4.74 Å². The molecule has 1 N–H and O–H groups in total. The van der Waals surface area contributed by atoms with Crippen LogP contribution >= 0.6 is 11.3 Å². The summed E-state index contributed by atoms with van der Waals surface area (Å²) in [5, 5.41) is 5.77. The number of nitrogens with one attached hydrogen (secondary N) is 1. The van der Waals surface area contributed by atoms with Crippen molar-refractivity contribution in [3.8, 4) is 10.6 Å². The summed E-state index contributed by atoms with van der Waals surface area (Å²) >= 11 is 1.50. The van der Waals surface area contributed by atoms with Gasteiger partial charge in [0.25, 0.3) is 5.91 Å². The number of hydrogen-bond acceptors (Lipinski definition) is 5. The van der Waals surface area contributed by atoms with Crippen LogP contribution in [0.4, 0.5) is 0 Å². The molecule has 6 heteroatoms. The zero-order valence-electron chi connectivity index (χ0n) is 16.6. The van der Waals surface area contributed by atoms with E-state index in [2.05, 4.69) is 10.3 Å². The third-order valence-electron chi connectivity index (χ3n) is 5.05. The number of carbonyl (C=O) groups is 2. The Hall–Kier alpha value is -2.21. The Morgan fingerprint density at radius 1 is 1.18 bits per heavy atom. The molecule has 1 aliphatic carbocycles. The highest BCUT2D eigenvalue weighted by Gasteiger charge is 2.22. The van der Waals surface area contributed by atoms with Crippen LogP contribution < -0.4 is 5.32 Å². The molecule has 28 heavy (non-hydrogen) atoms. The lowest BCUT2D eigenvalue weighted by Gasteiger charge is -2.19. The van der Waals surface area contributed by atoms with Crippen molar-refractivity contribution < 1.29 is 14.3 Å². The molecule has 0 unspecified atom stereocenters. The summed E-state index contributed by atoms with van der Waals surface area (Å²) in [5.74, 6) is -0.636. The van der Waals surface area contributed by atoms with Gasteiger partial charge in [-0.05, 0) is 26.7 Å². The van der Waals surface area contributed by atoms with Crippen LogP contribution in [-0.4, -0.2) is 29.0 Å². The number of aryl methyl sites for hydroxylation is 1. The van der Waals surface area contributed by atoms with Gasteiger partial charge < -0.3 is 10.1 Å². The lowest BCUT2D eigenvalue weighted by atomic mass is 10.1. The van der Waals surface area contributed by atoms with E-state index in [0.717, 1.165) is 36.3 Å². The SMILES string of the molecule is Cc1ccc(-c2nc(CC(=O)O[C@H](C)C(=O)NC3CCCCCC3)cs2)cc1. The molecular weight excluding hydrogens is 372 g/mol. The van der Waals surface area contributed by atoms with Crippen LogP contribution in [0.15, 0.2) is 29.6 Å². The van der Waals surface area contributed by atoms with Gasteiger partial charge in [0.2, 0.25) is 0 Å². The Balaban J connectivity index is 1.49. The number of carbonyl (C=O) groups excluding carboxylic acids is 2. The van der Waals surface area contributed by atoms with Crippen LogP contribution in [-0.2, 0) is 20.7 Å². The van der Waals surface area contributed by atoms with Crippen molar-refractivity contribution in [1.29, 1.82) is 0 Å². The third kappa shape index (κ3) is 5.89. The number of rotatable bonds is 6. The number of hydrogen-bond donors (Lipinski definition) is 1. The molecule has 0 spiro atoms. The summed E-state index contributed by atoms with van der Waals surface area (Å²) in [6.45, 7) is 3.67. The molecule has 2 aromatic rings. The quantitative estimate of drug-likeness (QED) is 0.575. The van der Waals surface area contributed by atoms with E-state index in [1.54, 1.807) is 6.92 Å². The second kappa shape index (κ2) is 9.82. The molecule has 3 rings (SSSR count). The topological polar surface area (TPSA) is 68.3 Å². The van der Waals surface area contributed by atoms with Gasteiger partial charge in [0.05, 0.1) is 12.1 Å². The second-order valence-corrected chi connectivity index (χ2v) is 8.37. The maximum atomic E-state index is 12.3. The molecule has 1 aromatic carbocycles. The Bertz CT molecular complexity index is 792. The number of thiazole rings is 1. The minimum atomic E-state index is -0.786. The Morgan fingerprint density at radius 3 is 2.54 bits per heavy atom.